The fourth-order valence-electron chi connectivity index (χ4n) is 2.43. The third-order valence-electron chi connectivity index (χ3n) is 4.20. The van der Waals surface area contributed by atoms with Gasteiger partial charge in [-0.25, -0.2) is 8.78 Å². The number of hydrogen-bond acceptors (Lipinski definition) is 3. The minimum Gasteiger partial charge on any atom is -0.495 e. The van der Waals surface area contributed by atoms with Crippen molar-refractivity contribution >= 4 is 23.2 Å². The Bertz CT molecular complexity index is 814. The molecule has 2 rings (SSSR count). The summed E-state index contributed by atoms with van der Waals surface area (Å²) in [5, 5.41) is 3.36. The van der Waals surface area contributed by atoms with Crippen LogP contribution in [0.25, 0.3) is 0 Å². The Labute approximate surface area is 156 Å². The average Bonchev–Trinajstić information content (AvgIpc) is 2.60. The highest BCUT2D eigenvalue weighted by atomic mass is 35.5. The Morgan fingerprint density at radius 3 is 2.58 bits per heavy atom. The van der Waals surface area contributed by atoms with Crippen molar-refractivity contribution in [2.24, 2.45) is 0 Å². The van der Waals surface area contributed by atoms with Gasteiger partial charge in [-0.15, -0.1) is 0 Å². The van der Waals surface area contributed by atoms with E-state index in [9.17, 15) is 13.6 Å². The van der Waals surface area contributed by atoms with Gasteiger partial charge < -0.3 is 10.1 Å². The number of halogens is 3. The van der Waals surface area contributed by atoms with Gasteiger partial charge in [-0.05, 0) is 50.2 Å². The molecular formula is C19H21ClF2N2O2. The number of benzene rings is 2. The van der Waals surface area contributed by atoms with Crippen molar-refractivity contribution < 1.29 is 18.3 Å². The van der Waals surface area contributed by atoms with E-state index in [-0.39, 0.29) is 5.91 Å². The standard InChI is InChI=1S/C19H21ClF2N2O2/c1-11-7-17(18(26-4)9-14(11)20)23-19(25)12(2)24(3)10-13-5-6-15(21)16(22)8-13/h5-9,12H,10H2,1-4H3,(H,23,25). The highest BCUT2D eigenvalue weighted by Crippen LogP contribution is 2.31. The molecule has 26 heavy (non-hydrogen) atoms. The Balaban J connectivity index is 2.09. The summed E-state index contributed by atoms with van der Waals surface area (Å²) in [6.45, 7) is 3.85. The van der Waals surface area contributed by atoms with Crippen molar-refractivity contribution in [2.45, 2.75) is 26.4 Å². The number of rotatable bonds is 6. The molecule has 1 N–H and O–H groups in total. The second-order valence-corrected chi connectivity index (χ2v) is 6.54. The Kier molecular flexibility index (Phi) is 6.56. The van der Waals surface area contributed by atoms with Crippen LogP contribution in [0.5, 0.6) is 5.75 Å². The maximum atomic E-state index is 13.3. The van der Waals surface area contributed by atoms with Crippen molar-refractivity contribution in [2.75, 3.05) is 19.5 Å². The number of anilines is 1. The molecule has 2 aromatic carbocycles. The summed E-state index contributed by atoms with van der Waals surface area (Å²) < 4.78 is 31.6. The lowest BCUT2D eigenvalue weighted by Gasteiger charge is -2.24. The zero-order valence-corrected chi connectivity index (χ0v) is 15.8. The van der Waals surface area contributed by atoms with Gasteiger partial charge in [-0.3, -0.25) is 9.69 Å². The van der Waals surface area contributed by atoms with Crippen LogP contribution < -0.4 is 10.1 Å². The summed E-state index contributed by atoms with van der Waals surface area (Å²) >= 11 is 6.07. The molecule has 7 heteroatoms. The molecule has 1 amide bonds. The van der Waals surface area contributed by atoms with Crippen LogP contribution in [0.2, 0.25) is 5.02 Å². The van der Waals surface area contributed by atoms with E-state index in [2.05, 4.69) is 5.32 Å². The number of carbonyl (C=O) groups excluding carboxylic acids is 1. The van der Waals surface area contributed by atoms with E-state index < -0.39 is 17.7 Å². The van der Waals surface area contributed by atoms with Crippen molar-refractivity contribution in [1.29, 1.82) is 0 Å². The highest BCUT2D eigenvalue weighted by molar-refractivity contribution is 6.31. The van der Waals surface area contributed by atoms with E-state index in [4.69, 9.17) is 16.3 Å². The maximum Gasteiger partial charge on any atom is 0.241 e. The molecule has 0 spiro atoms. The van der Waals surface area contributed by atoms with Gasteiger partial charge in [-0.1, -0.05) is 17.7 Å². The van der Waals surface area contributed by atoms with Crippen LogP contribution in [0.1, 0.15) is 18.1 Å². The number of aryl methyl sites for hydroxylation is 1. The minimum atomic E-state index is -0.908. The van der Waals surface area contributed by atoms with Crippen molar-refractivity contribution in [3.8, 4) is 5.75 Å². The van der Waals surface area contributed by atoms with Gasteiger partial charge >= 0.3 is 0 Å². The number of ether oxygens (including phenoxy) is 1. The predicted octanol–water partition coefficient (Wildman–Crippen LogP) is 4.39. The molecule has 0 radical (unpaired) electrons. The first-order chi connectivity index (χ1) is 12.2. The summed E-state index contributed by atoms with van der Waals surface area (Å²) in [6.07, 6.45) is 0. The van der Waals surface area contributed by atoms with E-state index in [1.54, 1.807) is 31.0 Å². The van der Waals surface area contributed by atoms with E-state index >= 15 is 0 Å². The van der Waals surface area contributed by atoms with E-state index in [0.29, 0.717) is 28.6 Å². The Morgan fingerprint density at radius 1 is 1.27 bits per heavy atom. The second kappa shape index (κ2) is 8.47. The summed E-state index contributed by atoms with van der Waals surface area (Å²) in [4.78, 5) is 14.3. The van der Waals surface area contributed by atoms with Crippen molar-refractivity contribution in [3.05, 3.63) is 58.1 Å². The lowest BCUT2D eigenvalue weighted by atomic mass is 10.1. The molecule has 0 heterocycles. The highest BCUT2D eigenvalue weighted by Gasteiger charge is 2.20. The lowest BCUT2D eigenvalue weighted by molar-refractivity contribution is -0.120. The molecule has 0 saturated heterocycles. The molecule has 4 nitrogen and oxygen atoms in total. The molecule has 2 aromatic rings. The van der Waals surface area contributed by atoms with Gasteiger partial charge in [0.15, 0.2) is 11.6 Å². The first kappa shape index (κ1) is 20.1. The fraction of sp³-hybridized carbons (Fsp3) is 0.316. The lowest BCUT2D eigenvalue weighted by Crippen LogP contribution is -2.39. The molecule has 0 fully saturated rings. The monoisotopic (exact) mass is 382 g/mol. The van der Waals surface area contributed by atoms with E-state index in [1.165, 1.54) is 13.2 Å². The zero-order chi connectivity index (χ0) is 19.4. The maximum absolute atomic E-state index is 13.3. The van der Waals surface area contributed by atoms with Crippen molar-refractivity contribution in [3.63, 3.8) is 0 Å². The molecule has 0 aliphatic carbocycles. The van der Waals surface area contributed by atoms with Crippen LogP contribution in [0.15, 0.2) is 30.3 Å². The summed E-state index contributed by atoms with van der Waals surface area (Å²) in [5.74, 6) is -1.60. The molecular weight excluding hydrogens is 362 g/mol. The number of nitrogens with zero attached hydrogens (tertiary/aromatic N) is 1. The summed E-state index contributed by atoms with van der Waals surface area (Å²) in [6, 6.07) is 6.56. The van der Waals surface area contributed by atoms with Crippen LogP contribution in [0.3, 0.4) is 0 Å². The first-order valence-corrected chi connectivity index (χ1v) is 8.40. The number of likely N-dealkylation sites (N-methyl/N-ethyl adjacent to an activating group) is 1. The molecule has 0 bridgehead atoms. The van der Waals surface area contributed by atoms with Gasteiger partial charge in [0, 0.05) is 17.6 Å². The van der Waals surface area contributed by atoms with Crippen LogP contribution in [-0.2, 0) is 11.3 Å². The van der Waals surface area contributed by atoms with Gasteiger partial charge in [0.1, 0.15) is 5.75 Å². The summed E-state index contributed by atoms with van der Waals surface area (Å²) in [5.41, 5.74) is 1.91. The van der Waals surface area contributed by atoms with Crippen LogP contribution >= 0.6 is 11.6 Å². The van der Waals surface area contributed by atoms with Gasteiger partial charge in [0.05, 0.1) is 18.8 Å². The Hall–Kier alpha value is -2.18. The predicted molar refractivity (Wildman–Crippen MR) is 98.7 cm³/mol. The molecule has 0 saturated carbocycles. The third-order valence-corrected chi connectivity index (χ3v) is 4.60. The smallest absolute Gasteiger partial charge is 0.241 e. The largest absolute Gasteiger partial charge is 0.495 e. The minimum absolute atomic E-state index is 0.255. The van der Waals surface area contributed by atoms with Gasteiger partial charge in [0.25, 0.3) is 0 Å². The molecule has 1 atom stereocenters. The molecule has 0 aromatic heterocycles. The molecule has 1 unspecified atom stereocenters. The number of hydrogen-bond donors (Lipinski definition) is 1. The quantitative estimate of drug-likeness (QED) is 0.805. The zero-order valence-electron chi connectivity index (χ0n) is 15.1. The topological polar surface area (TPSA) is 41.6 Å². The van der Waals surface area contributed by atoms with Gasteiger partial charge in [-0.2, -0.15) is 0 Å². The van der Waals surface area contributed by atoms with E-state index in [0.717, 1.165) is 17.7 Å². The second-order valence-electron chi connectivity index (χ2n) is 6.13. The van der Waals surface area contributed by atoms with Gasteiger partial charge in [0.2, 0.25) is 5.91 Å². The summed E-state index contributed by atoms with van der Waals surface area (Å²) in [7, 11) is 3.23. The van der Waals surface area contributed by atoms with Crippen LogP contribution in [0, 0.1) is 18.6 Å². The SMILES string of the molecule is COc1cc(Cl)c(C)cc1NC(=O)C(C)N(C)Cc1ccc(F)c(F)c1. The van der Waals surface area contributed by atoms with Crippen molar-refractivity contribution in [1.82, 2.24) is 4.90 Å². The number of nitrogens with one attached hydrogen (secondary N) is 1. The Morgan fingerprint density at radius 2 is 1.96 bits per heavy atom. The first-order valence-electron chi connectivity index (χ1n) is 8.02. The van der Waals surface area contributed by atoms with E-state index in [1.807, 2.05) is 6.92 Å². The average molecular weight is 383 g/mol. The third kappa shape index (κ3) is 4.71. The molecule has 0 aliphatic rings. The number of carbonyl (C=O) groups is 1. The number of amides is 1. The van der Waals surface area contributed by atoms with Crippen LogP contribution in [-0.4, -0.2) is 31.0 Å². The fourth-order valence-corrected chi connectivity index (χ4v) is 2.58. The normalized spacial score (nSPS) is 12.2. The molecule has 140 valence electrons. The van der Waals surface area contributed by atoms with Crippen LogP contribution in [0.4, 0.5) is 14.5 Å². The molecule has 0 aliphatic heterocycles. The number of methoxy groups -OCH3 is 1.